The highest BCUT2D eigenvalue weighted by molar-refractivity contribution is 8.00. The van der Waals surface area contributed by atoms with Crippen LogP contribution in [0.15, 0.2) is 12.1 Å². The highest BCUT2D eigenvalue weighted by Crippen LogP contribution is 2.36. The molecular weight excluding hydrogens is 284 g/mol. The van der Waals surface area contributed by atoms with E-state index in [9.17, 15) is 0 Å². The molecule has 1 aliphatic heterocycles. The fourth-order valence-corrected chi connectivity index (χ4v) is 5.41. The van der Waals surface area contributed by atoms with Crippen molar-refractivity contribution >= 4 is 23.1 Å². The minimum atomic E-state index is 0.237. The van der Waals surface area contributed by atoms with E-state index >= 15 is 0 Å². The largest absolute Gasteiger partial charge is 0.329 e. The third-order valence-electron chi connectivity index (χ3n) is 3.81. The van der Waals surface area contributed by atoms with Crippen LogP contribution in [0.1, 0.15) is 50.4 Å². The Balaban J connectivity index is 2.17. The maximum atomic E-state index is 6.10. The topological polar surface area (TPSA) is 29.3 Å². The molecule has 2 N–H and O–H groups in total. The summed E-state index contributed by atoms with van der Waals surface area (Å²) in [6.45, 7) is 14.5. The Morgan fingerprint density at radius 3 is 2.30 bits per heavy atom. The smallest absolute Gasteiger partial charge is 0.0565 e. The number of hydrogen-bond donors (Lipinski definition) is 1. The maximum absolute atomic E-state index is 6.10. The molecule has 0 amide bonds. The number of hydrogen-bond acceptors (Lipinski definition) is 4. The molecule has 3 unspecified atom stereocenters. The van der Waals surface area contributed by atoms with Crippen molar-refractivity contribution in [3.63, 3.8) is 0 Å². The Hall–Kier alpha value is -0.0300. The maximum Gasteiger partial charge on any atom is 0.0565 e. The van der Waals surface area contributed by atoms with Crippen molar-refractivity contribution in [1.29, 1.82) is 0 Å². The standard InChI is InChI=1S/C16H28N2S2/c1-11-9-18(10-12(2)19-11)13(8-17)14-6-7-15(20-14)16(3,4)5/h6-7,11-13H,8-10,17H2,1-5H3. The number of thioether (sulfide) groups is 1. The van der Waals surface area contributed by atoms with Crippen LogP contribution in [-0.4, -0.2) is 35.0 Å². The van der Waals surface area contributed by atoms with Crippen LogP contribution in [0, 0.1) is 0 Å². The predicted molar refractivity (Wildman–Crippen MR) is 92.9 cm³/mol. The molecule has 20 heavy (non-hydrogen) atoms. The number of rotatable bonds is 3. The van der Waals surface area contributed by atoms with Gasteiger partial charge in [-0.15, -0.1) is 11.3 Å². The summed E-state index contributed by atoms with van der Waals surface area (Å²) in [5.74, 6) is 0. The second kappa shape index (κ2) is 6.39. The van der Waals surface area contributed by atoms with Crippen molar-refractivity contribution in [3.8, 4) is 0 Å². The van der Waals surface area contributed by atoms with Crippen LogP contribution in [0.2, 0.25) is 0 Å². The van der Waals surface area contributed by atoms with Crippen LogP contribution in [0.4, 0.5) is 0 Å². The molecule has 3 atom stereocenters. The molecule has 0 radical (unpaired) electrons. The normalized spacial score (nSPS) is 26.7. The van der Waals surface area contributed by atoms with Gasteiger partial charge in [0.2, 0.25) is 0 Å². The van der Waals surface area contributed by atoms with Gasteiger partial charge in [-0.05, 0) is 17.5 Å². The Morgan fingerprint density at radius 2 is 1.85 bits per heavy atom. The lowest BCUT2D eigenvalue weighted by molar-refractivity contribution is 0.202. The van der Waals surface area contributed by atoms with E-state index in [0.29, 0.717) is 23.1 Å². The summed E-state index contributed by atoms with van der Waals surface area (Å²) in [6.07, 6.45) is 0. The van der Waals surface area contributed by atoms with Crippen LogP contribution in [0.25, 0.3) is 0 Å². The summed E-state index contributed by atoms with van der Waals surface area (Å²) >= 11 is 4.04. The first-order valence-corrected chi connectivity index (χ1v) is 9.27. The van der Waals surface area contributed by atoms with Crippen molar-refractivity contribution in [2.75, 3.05) is 19.6 Å². The number of nitrogens with zero attached hydrogens (tertiary/aromatic N) is 1. The number of nitrogens with two attached hydrogens (primary N) is 1. The summed E-state index contributed by atoms with van der Waals surface area (Å²) in [5, 5.41) is 1.41. The first-order valence-electron chi connectivity index (χ1n) is 7.51. The number of thiophene rings is 1. The summed E-state index contributed by atoms with van der Waals surface area (Å²) in [7, 11) is 0. The van der Waals surface area contributed by atoms with Crippen molar-refractivity contribution in [1.82, 2.24) is 4.90 Å². The predicted octanol–water partition coefficient (Wildman–Crippen LogP) is 3.87. The Kier molecular flexibility index (Phi) is 5.22. The van der Waals surface area contributed by atoms with Gasteiger partial charge >= 0.3 is 0 Å². The average Bonchev–Trinajstić information content (AvgIpc) is 2.77. The van der Waals surface area contributed by atoms with E-state index in [0.717, 1.165) is 13.1 Å². The molecule has 1 fully saturated rings. The van der Waals surface area contributed by atoms with Crippen LogP contribution in [-0.2, 0) is 5.41 Å². The second-order valence-corrected chi connectivity index (χ2v) is 9.91. The van der Waals surface area contributed by atoms with Gasteiger partial charge in [-0.25, -0.2) is 0 Å². The van der Waals surface area contributed by atoms with E-state index in [-0.39, 0.29) is 5.41 Å². The third-order valence-corrected chi connectivity index (χ3v) is 6.65. The minimum Gasteiger partial charge on any atom is -0.329 e. The zero-order valence-corrected chi connectivity index (χ0v) is 15.0. The molecule has 1 aromatic heterocycles. The van der Waals surface area contributed by atoms with Gasteiger partial charge in [-0.3, -0.25) is 4.90 Å². The van der Waals surface area contributed by atoms with Crippen LogP contribution >= 0.6 is 23.1 Å². The lowest BCUT2D eigenvalue weighted by Gasteiger charge is -2.39. The molecule has 1 aromatic rings. The molecule has 0 bridgehead atoms. The summed E-state index contributed by atoms with van der Waals surface area (Å²) in [4.78, 5) is 5.48. The zero-order valence-electron chi connectivity index (χ0n) is 13.3. The van der Waals surface area contributed by atoms with E-state index in [4.69, 9.17) is 5.73 Å². The Labute approximate surface area is 132 Å². The molecule has 1 saturated heterocycles. The Bertz CT molecular complexity index is 426. The molecule has 2 heterocycles. The van der Waals surface area contributed by atoms with E-state index in [1.807, 2.05) is 11.3 Å². The highest BCUT2D eigenvalue weighted by atomic mass is 32.2. The van der Waals surface area contributed by atoms with Gasteiger partial charge in [-0.1, -0.05) is 34.6 Å². The summed E-state index contributed by atoms with van der Waals surface area (Å²) in [5.41, 5.74) is 6.34. The minimum absolute atomic E-state index is 0.237. The van der Waals surface area contributed by atoms with Crippen molar-refractivity contribution in [2.24, 2.45) is 5.73 Å². The second-order valence-electron chi connectivity index (χ2n) is 6.91. The molecule has 0 aliphatic carbocycles. The fourth-order valence-electron chi connectivity index (χ4n) is 2.85. The molecule has 0 aromatic carbocycles. The van der Waals surface area contributed by atoms with Gasteiger partial charge in [0, 0.05) is 39.9 Å². The van der Waals surface area contributed by atoms with E-state index in [1.54, 1.807) is 0 Å². The lowest BCUT2D eigenvalue weighted by atomic mass is 9.95. The highest BCUT2D eigenvalue weighted by Gasteiger charge is 2.29. The van der Waals surface area contributed by atoms with E-state index < -0.39 is 0 Å². The molecular formula is C16H28N2S2. The monoisotopic (exact) mass is 312 g/mol. The molecule has 4 heteroatoms. The van der Waals surface area contributed by atoms with Gasteiger partial charge in [0.15, 0.2) is 0 Å². The molecule has 0 saturated carbocycles. The lowest BCUT2D eigenvalue weighted by Crippen LogP contribution is -2.44. The van der Waals surface area contributed by atoms with Gasteiger partial charge < -0.3 is 5.73 Å². The fraction of sp³-hybridized carbons (Fsp3) is 0.750. The van der Waals surface area contributed by atoms with Crippen molar-refractivity contribution in [3.05, 3.63) is 21.9 Å². The van der Waals surface area contributed by atoms with E-state index in [1.165, 1.54) is 9.75 Å². The van der Waals surface area contributed by atoms with Crippen molar-refractivity contribution in [2.45, 2.75) is 56.6 Å². The van der Waals surface area contributed by atoms with Gasteiger partial charge in [0.25, 0.3) is 0 Å². The molecule has 114 valence electrons. The van der Waals surface area contributed by atoms with Crippen molar-refractivity contribution < 1.29 is 0 Å². The summed E-state index contributed by atoms with van der Waals surface area (Å²) in [6, 6.07) is 4.97. The molecule has 0 spiro atoms. The first-order chi connectivity index (χ1) is 9.31. The molecule has 2 nitrogen and oxygen atoms in total. The quantitative estimate of drug-likeness (QED) is 0.918. The molecule has 2 rings (SSSR count). The van der Waals surface area contributed by atoms with Crippen LogP contribution in [0.5, 0.6) is 0 Å². The SMILES string of the molecule is CC1CN(C(CN)c2ccc(C(C)(C)C)s2)CC(C)S1. The van der Waals surface area contributed by atoms with Crippen LogP contribution < -0.4 is 5.73 Å². The molecule has 1 aliphatic rings. The zero-order chi connectivity index (χ0) is 14.9. The van der Waals surface area contributed by atoms with Gasteiger partial charge in [-0.2, -0.15) is 11.8 Å². The summed E-state index contributed by atoms with van der Waals surface area (Å²) < 4.78 is 0. The Morgan fingerprint density at radius 1 is 1.25 bits per heavy atom. The average molecular weight is 313 g/mol. The van der Waals surface area contributed by atoms with Gasteiger partial charge in [0.1, 0.15) is 0 Å². The van der Waals surface area contributed by atoms with Crippen LogP contribution in [0.3, 0.4) is 0 Å². The first kappa shape index (κ1) is 16.3. The third kappa shape index (κ3) is 3.79. The van der Waals surface area contributed by atoms with E-state index in [2.05, 4.69) is 63.4 Å². The van der Waals surface area contributed by atoms with Gasteiger partial charge in [0.05, 0.1) is 6.04 Å².